The first-order chi connectivity index (χ1) is 11.6. The Bertz CT molecular complexity index is 787. The van der Waals surface area contributed by atoms with E-state index in [0.29, 0.717) is 24.0 Å². The lowest BCUT2D eigenvalue weighted by Crippen LogP contribution is -2.36. The monoisotopic (exact) mass is 331 g/mol. The lowest BCUT2D eigenvalue weighted by Gasteiger charge is -2.11. The van der Waals surface area contributed by atoms with Gasteiger partial charge in [-0.25, -0.2) is 9.42 Å². The van der Waals surface area contributed by atoms with Crippen molar-refractivity contribution in [3.05, 3.63) is 23.8 Å². The van der Waals surface area contributed by atoms with E-state index >= 15 is 0 Å². The minimum Gasteiger partial charge on any atom is -0.352 e. The summed E-state index contributed by atoms with van der Waals surface area (Å²) in [5.74, 6) is -0.669. The molecule has 0 radical (unpaired) electrons. The van der Waals surface area contributed by atoms with Gasteiger partial charge in [0.05, 0.1) is 6.42 Å². The number of rotatable bonds is 6. The largest absolute Gasteiger partial charge is 0.352 e. The van der Waals surface area contributed by atoms with Crippen LogP contribution in [0, 0.1) is 0 Å². The van der Waals surface area contributed by atoms with Crippen molar-refractivity contribution >= 4 is 28.9 Å². The Morgan fingerprint density at radius 2 is 2.12 bits per heavy atom. The van der Waals surface area contributed by atoms with Gasteiger partial charge in [-0.3, -0.25) is 14.5 Å². The molecule has 126 valence electrons. The van der Waals surface area contributed by atoms with Crippen molar-refractivity contribution in [1.29, 1.82) is 0 Å². The molecular formula is C15H17N5O4. The molecule has 0 spiro atoms. The summed E-state index contributed by atoms with van der Waals surface area (Å²) < 4.78 is 4.62. The number of fused-ring (bicyclic) bond motifs is 1. The number of benzene rings is 1. The van der Waals surface area contributed by atoms with E-state index in [4.69, 9.17) is 0 Å². The average molecular weight is 331 g/mol. The highest BCUT2D eigenvalue weighted by molar-refractivity contribution is 6.05. The third kappa shape index (κ3) is 3.19. The van der Waals surface area contributed by atoms with Crippen molar-refractivity contribution in [2.75, 3.05) is 6.54 Å². The fraction of sp³-hybridized carbons (Fsp3) is 0.400. The zero-order valence-electron chi connectivity index (χ0n) is 13.1. The van der Waals surface area contributed by atoms with E-state index in [2.05, 4.69) is 25.6 Å². The normalized spacial score (nSPS) is 17.4. The van der Waals surface area contributed by atoms with Crippen molar-refractivity contribution in [1.82, 2.24) is 25.8 Å². The van der Waals surface area contributed by atoms with E-state index in [1.165, 1.54) is 0 Å². The predicted octanol–water partition coefficient (Wildman–Crippen LogP) is 0.559. The second-order valence-corrected chi connectivity index (χ2v) is 5.56. The van der Waals surface area contributed by atoms with Gasteiger partial charge in [-0.05, 0) is 34.4 Å². The summed E-state index contributed by atoms with van der Waals surface area (Å²) >= 11 is 0. The van der Waals surface area contributed by atoms with Crippen molar-refractivity contribution in [3.8, 4) is 0 Å². The Labute approximate surface area is 137 Å². The first-order valence-corrected chi connectivity index (χ1v) is 7.68. The molecule has 0 saturated carbocycles. The number of carbonyl (C=O) groups excluding carboxylic acids is 3. The fourth-order valence-corrected chi connectivity index (χ4v) is 2.55. The summed E-state index contributed by atoms with van der Waals surface area (Å²) in [6, 6.07) is 4.07. The number of hydrogen-bond acceptors (Lipinski definition) is 6. The minimum absolute atomic E-state index is 0.0848. The molecule has 1 atom stereocenters. The van der Waals surface area contributed by atoms with Gasteiger partial charge >= 0.3 is 6.03 Å². The van der Waals surface area contributed by atoms with Crippen LogP contribution in [0.1, 0.15) is 25.3 Å². The second kappa shape index (κ2) is 6.65. The molecule has 24 heavy (non-hydrogen) atoms. The predicted molar refractivity (Wildman–Crippen MR) is 82.6 cm³/mol. The Morgan fingerprint density at radius 3 is 2.92 bits per heavy atom. The number of amides is 4. The summed E-state index contributed by atoms with van der Waals surface area (Å²) in [4.78, 5) is 36.9. The molecule has 1 aromatic heterocycles. The van der Waals surface area contributed by atoms with Crippen LogP contribution in [0.2, 0.25) is 0 Å². The highest BCUT2D eigenvalue weighted by atomic mass is 16.6. The van der Waals surface area contributed by atoms with Crippen LogP contribution in [-0.4, -0.2) is 45.6 Å². The zero-order valence-corrected chi connectivity index (χ0v) is 13.1. The number of nitrogens with zero attached hydrogens (tertiary/aromatic N) is 3. The highest BCUT2D eigenvalue weighted by Crippen LogP contribution is 2.12. The third-order valence-corrected chi connectivity index (χ3v) is 3.75. The van der Waals surface area contributed by atoms with Crippen molar-refractivity contribution < 1.29 is 19.0 Å². The molecule has 2 aromatic rings. The maximum absolute atomic E-state index is 12.1. The quantitative estimate of drug-likeness (QED) is 0.747. The lowest BCUT2D eigenvalue weighted by molar-refractivity contribution is -0.130. The molecule has 2 heterocycles. The average Bonchev–Trinajstić information content (AvgIpc) is 3.13. The van der Waals surface area contributed by atoms with Crippen LogP contribution in [0.25, 0.3) is 11.0 Å². The number of carbonyl (C=O) groups is 3. The van der Waals surface area contributed by atoms with Gasteiger partial charge in [-0.15, -0.1) is 0 Å². The summed E-state index contributed by atoms with van der Waals surface area (Å²) in [7, 11) is 0. The molecule has 9 nitrogen and oxygen atoms in total. The van der Waals surface area contributed by atoms with Crippen LogP contribution in [0.5, 0.6) is 0 Å². The van der Waals surface area contributed by atoms with Gasteiger partial charge in [0.15, 0.2) is 0 Å². The molecule has 1 aromatic carbocycles. The maximum Gasteiger partial charge on any atom is 0.324 e. The van der Waals surface area contributed by atoms with Crippen molar-refractivity contribution in [2.24, 2.45) is 0 Å². The fourth-order valence-electron chi connectivity index (χ4n) is 2.55. The molecule has 9 heteroatoms. The number of imide groups is 1. The first kappa shape index (κ1) is 15.9. The summed E-state index contributed by atoms with van der Waals surface area (Å²) in [6.07, 6.45) is 0.593. The zero-order chi connectivity index (χ0) is 17.1. The molecule has 1 fully saturated rings. The summed E-state index contributed by atoms with van der Waals surface area (Å²) in [5.41, 5.74) is 2.08. The van der Waals surface area contributed by atoms with Crippen LogP contribution in [0.3, 0.4) is 0 Å². The molecule has 0 bridgehead atoms. The van der Waals surface area contributed by atoms with Gasteiger partial charge in [-0.2, -0.15) is 0 Å². The molecule has 0 unspecified atom stereocenters. The van der Waals surface area contributed by atoms with Gasteiger partial charge in [0.2, 0.25) is 5.91 Å². The standard InChI is InChI=1S/C15H17N5O4/c1-2-5-20-14(22)12(17-15(20)23)7-13(21)16-8-9-3-4-10-11(6-9)19-24-18-10/h3-4,6,12H,2,5,7-8H2,1H3,(H,16,21)(H,17,23)/t12-/m1/s1. The number of nitrogens with one attached hydrogen (secondary N) is 2. The summed E-state index contributed by atoms with van der Waals surface area (Å²) in [6.45, 7) is 2.52. The lowest BCUT2D eigenvalue weighted by atomic mass is 10.1. The van der Waals surface area contributed by atoms with Gasteiger partial charge in [0, 0.05) is 13.1 Å². The Hall–Kier alpha value is -2.97. The summed E-state index contributed by atoms with van der Waals surface area (Å²) in [5, 5.41) is 12.7. The molecule has 3 rings (SSSR count). The molecular weight excluding hydrogens is 314 g/mol. The minimum atomic E-state index is -0.800. The van der Waals surface area contributed by atoms with Crippen molar-refractivity contribution in [3.63, 3.8) is 0 Å². The van der Waals surface area contributed by atoms with Crippen LogP contribution in [0.4, 0.5) is 4.79 Å². The third-order valence-electron chi connectivity index (χ3n) is 3.75. The van der Waals surface area contributed by atoms with E-state index in [-0.39, 0.29) is 24.8 Å². The highest BCUT2D eigenvalue weighted by Gasteiger charge is 2.38. The van der Waals surface area contributed by atoms with E-state index in [9.17, 15) is 14.4 Å². The van der Waals surface area contributed by atoms with E-state index in [1.54, 1.807) is 18.2 Å². The Morgan fingerprint density at radius 1 is 1.33 bits per heavy atom. The molecule has 0 aliphatic carbocycles. The van der Waals surface area contributed by atoms with Gasteiger partial charge in [-0.1, -0.05) is 13.0 Å². The van der Waals surface area contributed by atoms with Crippen molar-refractivity contribution in [2.45, 2.75) is 32.4 Å². The van der Waals surface area contributed by atoms with Crippen LogP contribution in [-0.2, 0) is 16.1 Å². The molecule has 2 N–H and O–H groups in total. The Kier molecular flexibility index (Phi) is 4.41. The van der Waals surface area contributed by atoms with Crippen LogP contribution in [0.15, 0.2) is 22.8 Å². The topological polar surface area (TPSA) is 117 Å². The smallest absolute Gasteiger partial charge is 0.324 e. The van der Waals surface area contributed by atoms with E-state index in [0.717, 1.165) is 10.5 Å². The van der Waals surface area contributed by atoms with Crippen LogP contribution >= 0.6 is 0 Å². The van der Waals surface area contributed by atoms with E-state index < -0.39 is 12.1 Å². The number of urea groups is 1. The SMILES string of the molecule is CCCN1C(=O)N[C@H](CC(=O)NCc2ccc3nonc3c2)C1=O. The van der Waals surface area contributed by atoms with Gasteiger partial charge in [0.1, 0.15) is 17.1 Å². The van der Waals surface area contributed by atoms with Gasteiger partial charge < -0.3 is 10.6 Å². The molecule has 4 amide bonds. The number of hydrogen-bond donors (Lipinski definition) is 2. The Balaban J connectivity index is 1.54. The molecule has 1 aliphatic heterocycles. The molecule has 1 saturated heterocycles. The second-order valence-electron chi connectivity index (χ2n) is 5.56. The van der Waals surface area contributed by atoms with Gasteiger partial charge in [0.25, 0.3) is 5.91 Å². The molecule has 1 aliphatic rings. The van der Waals surface area contributed by atoms with Crippen LogP contribution < -0.4 is 10.6 Å². The first-order valence-electron chi connectivity index (χ1n) is 7.68. The number of aromatic nitrogens is 2. The maximum atomic E-state index is 12.1. The van der Waals surface area contributed by atoms with E-state index in [1.807, 2.05) is 6.92 Å².